The van der Waals surface area contributed by atoms with Crippen molar-refractivity contribution in [3.8, 4) is 5.75 Å². The zero-order valence-electron chi connectivity index (χ0n) is 9.64. The second-order valence-corrected chi connectivity index (χ2v) is 4.96. The van der Waals surface area contributed by atoms with Crippen LogP contribution in [-0.2, 0) is 10.1 Å². The summed E-state index contributed by atoms with van der Waals surface area (Å²) in [5, 5.41) is 1.84. The quantitative estimate of drug-likeness (QED) is 0.529. The van der Waals surface area contributed by atoms with E-state index in [4.69, 9.17) is 32.7 Å². The van der Waals surface area contributed by atoms with Crippen molar-refractivity contribution in [1.82, 2.24) is 0 Å². The van der Waals surface area contributed by atoms with Crippen molar-refractivity contribution in [2.24, 2.45) is 0 Å². The molecule has 2 nitrogen and oxygen atoms in total. The third kappa shape index (κ3) is 5.04. The topological polar surface area (TPSA) is 18.5 Å². The first-order chi connectivity index (χ1) is 8.19. The lowest BCUT2D eigenvalue weighted by molar-refractivity contribution is 0.184. The van der Waals surface area contributed by atoms with Crippen LogP contribution in [0.1, 0.15) is 18.4 Å². The van der Waals surface area contributed by atoms with E-state index in [1.54, 1.807) is 13.2 Å². The maximum Gasteiger partial charge on any atom is 0.142 e. The van der Waals surface area contributed by atoms with E-state index in [0.717, 1.165) is 25.0 Å². The molecule has 0 bridgehead atoms. The standard InChI is InChI=1S/C12H15BrCl2O2/c1-16-4-2-3-5-17-12-9(8-13)6-10(14)7-11(12)15/h6-7H,2-5,8H2,1H3. The second-order valence-electron chi connectivity index (χ2n) is 3.56. The number of hydrogen-bond donors (Lipinski definition) is 0. The molecule has 0 unspecified atom stereocenters. The maximum atomic E-state index is 6.10. The molecule has 1 rings (SSSR count). The Morgan fingerprint density at radius 2 is 1.88 bits per heavy atom. The van der Waals surface area contributed by atoms with Crippen LogP contribution in [0.5, 0.6) is 5.75 Å². The number of benzene rings is 1. The summed E-state index contributed by atoms with van der Waals surface area (Å²) in [7, 11) is 1.69. The van der Waals surface area contributed by atoms with Crippen molar-refractivity contribution in [1.29, 1.82) is 0 Å². The van der Waals surface area contributed by atoms with Crippen LogP contribution in [0.4, 0.5) is 0 Å². The molecule has 0 aliphatic carbocycles. The van der Waals surface area contributed by atoms with Gasteiger partial charge in [-0.05, 0) is 25.0 Å². The van der Waals surface area contributed by atoms with Crippen LogP contribution in [0.25, 0.3) is 0 Å². The molecule has 0 heterocycles. The van der Waals surface area contributed by atoms with E-state index in [1.807, 2.05) is 6.07 Å². The highest BCUT2D eigenvalue weighted by Gasteiger charge is 2.09. The van der Waals surface area contributed by atoms with Crippen molar-refractivity contribution in [2.75, 3.05) is 20.3 Å². The number of alkyl halides is 1. The SMILES string of the molecule is COCCCCOc1c(Cl)cc(Cl)cc1CBr. The molecule has 96 valence electrons. The average molecular weight is 342 g/mol. The van der Waals surface area contributed by atoms with Gasteiger partial charge in [-0.25, -0.2) is 0 Å². The van der Waals surface area contributed by atoms with Crippen molar-refractivity contribution in [2.45, 2.75) is 18.2 Å². The molecule has 0 atom stereocenters. The Hall–Kier alpha value is 0.0400. The number of hydrogen-bond acceptors (Lipinski definition) is 2. The van der Waals surface area contributed by atoms with Crippen LogP contribution in [-0.4, -0.2) is 20.3 Å². The molecule has 1 aromatic rings. The monoisotopic (exact) mass is 340 g/mol. The molecule has 0 saturated heterocycles. The molecule has 0 spiro atoms. The minimum absolute atomic E-state index is 0.554. The fourth-order valence-corrected chi connectivity index (χ4v) is 2.40. The van der Waals surface area contributed by atoms with Gasteiger partial charge in [-0.2, -0.15) is 0 Å². The van der Waals surface area contributed by atoms with E-state index in [2.05, 4.69) is 15.9 Å². The van der Waals surface area contributed by atoms with E-state index >= 15 is 0 Å². The number of unbranched alkanes of at least 4 members (excludes halogenated alkanes) is 1. The summed E-state index contributed by atoms with van der Waals surface area (Å²) in [4.78, 5) is 0. The number of halogens is 3. The van der Waals surface area contributed by atoms with Crippen LogP contribution < -0.4 is 4.74 Å². The first-order valence-electron chi connectivity index (χ1n) is 5.34. The summed E-state index contributed by atoms with van der Waals surface area (Å²) in [6.45, 7) is 1.38. The van der Waals surface area contributed by atoms with Gasteiger partial charge in [0.05, 0.1) is 11.6 Å². The van der Waals surface area contributed by atoms with Crippen LogP contribution in [0.15, 0.2) is 12.1 Å². The van der Waals surface area contributed by atoms with Crippen LogP contribution in [0, 0.1) is 0 Å². The van der Waals surface area contributed by atoms with Crippen LogP contribution in [0.2, 0.25) is 10.0 Å². The molecular formula is C12H15BrCl2O2. The summed E-state index contributed by atoms with van der Waals surface area (Å²) in [6, 6.07) is 3.55. The number of methoxy groups -OCH3 is 1. The fraction of sp³-hybridized carbons (Fsp3) is 0.500. The Morgan fingerprint density at radius 1 is 1.18 bits per heavy atom. The average Bonchev–Trinajstić information content (AvgIpc) is 2.30. The van der Waals surface area contributed by atoms with Gasteiger partial charge in [0.15, 0.2) is 0 Å². The Bertz CT molecular complexity index is 359. The summed E-state index contributed by atoms with van der Waals surface area (Å²) < 4.78 is 10.7. The van der Waals surface area contributed by atoms with Gasteiger partial charge in [0, 0.05) is 29.6 Å². The lowest BCUT2D eigenvalue weighted by atomic mass is 10.2. The summed E-state index contributed by atoms with van der Waals surface area (Å²) in [5.41, 5.74) is 0.967. The Morgan fingerprint density at radius 3 is 2.53 bits per heavy atom. The Kier molecular flexibility index (Phi) is 7.28. The minimum atomic E-state index is 0.554. The van der Waals surface area contributed by atoms with Crippen LogP contribution in [0.3, 0.4) is 0 Å². The molecular weight excluding hydrogens is 327 g/mol. The highest BCUT2D eigenvalue weighted by molar-refractivity contribution is 9.08. The van der Waals surface area contributed by atoms with E-state index in [1.165, 1.54) is 0 Å². The normalized spacial score (nSPS) is 10.6. The Labute approximate surface area is 120 Å². The minimum Gasteiger partial charge on any atom is -0.492 e. The summed E-state index contributed by atoms with van der Waals surface area (Å²) >= 11 is 15.4. The Balaban J connectivity index is 2.57. The van der Waals surface area contributed by atoms with Gasteiger partial charge in [0.1, 0.15) is 5.75 Å². The molecule has 0 amide bonds. The lowest BCUT2D eigenvalue weighted by Gasteiger charge is -2.12. The van der Waals surface area contributed by atoms with Gasteiger partial charge in [0.2, 0.25) is 0 Å². The zero-order valence-corrected chi connectivity index (χ0v) is 12.7. The number of ether oxygens (including phenoxy) is 2. The van der Waals surface area contributed by atoms with E-state index in [0.29, 0.717) is 27.7 Å². The summed E-state index contributed by atoms with van der Waals surface area (Å²) in [5.74, 6) is 0.713. The number of rotatable bonds is 7. The molecule has 0 N–H and O–H groups in total. The highest BCUT2D eigenvalue weighted by Crippen LogP contribution is 2.33. The van der Waals surface area contributed by atoms with Crippen molar-refractivity contribution < 1.29 is 9.47 Å². The van der Waals surface area contributed by atoms with Crippen molar-refractivity contribution in [3.05, 3.63) is 27.7 Å². The molecule has 0 aromatic heterocycles. The predicted molar refractivity (Wildman–Crippen MR) is 75.7 cm³/mol. The molecule has 1 aromatic carbocycles. The zero-order chi connectivity index (χ0) is 12.7. The fourth-order valence-electron chi connectivity index (χ4n) is 1.40. The van der Waals surface area contributed by atoms with Gasteiger partial charge in [-0.1, -0.05) is 39.1 Å². The van der Waals surface area contributed by atoms with Gasteiger partial charge >= 0.3 is 0 Å². The maximum absolute atomic E-state index is 6.10. The molecule has 0 radical (unpaired) electrons. The van der Waals surface area contributed by atoms with Crippen molar-refractivity contribution in [3.63, 3.8) is 0 Å². The first kappa shape index (κ1) is 15.1. The summed E-state index contributed by atoms with van der Waals surface area (Å²) in [6.07, 6.45) is 1.92. The highest BCUT2D eigenvalue weighted by atomic mass is 79.9. The first-order valence-corrected chi connectivity index (χ1v) is 7.22. The molecule has 0 saturated carbocycles. The molecule has 0 aliphatic rings. The molecule has 17 heavy (non-hydrogen) atoms. The van der Waals surface area contributed by atoms with E-state index in [-0.39, 0.29) is 0 Å². The predicted octanol–water partition coefficient (Wildman–Crippen LogP) is 4.69. The molecule has 0 fully saturated rings. The van der Waals surface area contributed by atoms with Gasteiger partial charge in [-0.15, -0.1) is 0 Å². The van der Waals surface area contributed by atoms with E-state index in [9.17, 15) is 0 Å². The molecule has 5 heteroatoms. The third-order valence-electron chi connectivity index (χ3n) is 2.22. The van der Waals surface area contributed by atoms with Gasteiger partial charge < -0.3 is 9.47 Å². The largest absolute Gasteiger partial charge is 0.492 e. The second kappa shape index (κ2) is 8.20. The van der Waals surface area contributed by atoms with Crippen molar-refractivity contribution >= 4 is 39.1 Å². The molecule has 0 aliphatic heterocycles. The van der Waals surface area contributed by atoms with Gasteiger partial charge in [-0.3, -0.25) is 0 Å². The lowest BCUT2D eigenvalue weighted by Crippen LogP contribution is -2.02. The van der Waals surface area contributed by atoms with E-state index < -0.39 is 0 Å². The van der Waals surface area contributed by atoms with Crippen LogP contribution >= 0.6 is 39.1 Å². The van der Waals surface area contributed by atoms with Gasteiger partial charge in [0.25, 0.3) is 0 Å². The smallest absolute Gasteiger partial charge is 0.142 e. The third-order valence-corrected chi connectivity index (χ3v) is 3.32.